The molecule has 5 rings (SSSR count). The van der Waals surface area contributed by atoms with Gasteiger partial charge in [-0.15, -0.1) is 0 Å². The Morgan fingerprint density at radius 3 is 2.57 bits per heavy atom. The molecule has 0 radical (unpaired) electrons. The predicted octanol–water partition coefficient (Wildman–Crippen LogP) is 4.09. The number of aromatic hydroxyl groups is 1. The molecule has 14 heteroatoms. The van der Waals surface area contributed by atoms with Crippen LogP contribution in [-0.4, -0.2) is 75.8 Å². The molecule has 0 bridgehead atoms. The molecule has 0 spiro atoms. The van der Waals surface area contributed by atoms with Crippen LogP contribution < -0.4 is 10.6 Å². The third-order valence-electron chi connectivity index (χ3n) is 7.53. The van der Waals surface area contributed by atoms with Gasteiger partial charge in [0.15, 0.2) is 26.3 Å². The maximum Gasteiger partial charge on any atom is 0.355 e. The monoisotopic (exact) mass is 640 g/mol. The van der Waals surface area contributed by atoms with Crippen LogP contribution in [0.2, 0.25) is 5.02 Å². The van der Waals surface area contributed by atoms with Crippen molar-refractivity contribution in [3.63, 3.8) is 0 Å². The maximum atomic E-state index is 16.0. The van der Waals surface area contributed by atoms with Crippen LogP contribution in [0.25, 0.3) is 28.0 Å². The van der Waals surface area contributed by atoms with Gasteiger partial charge in [0.2, 0.25) is 5.91 Å². The summed E-state index contributed by atoms with van der Waals surface area (Å²) in [7, 11) is -3.98. The van der Waals surface area contributed by atoms with Gasteiger partial charge in [0.25, 0.3) is 0 Å². The molecule has 0 saturated carbocycles. The van der Waals surface area contributed by atoms with E-state index < -0.39 is 21.3 Å². The first kappa shape index (κ1) is 31.1. The molecule has 1 aliphatic heterocycles. The van der Waals surface area contributed by atoms with Crippen LogP contribution in [0, 0.1) is 5.82 Å². The van der Waals surface area contributed by atoms with Gasteiger partial charge in [-0.05, 0) is 48.7 Å². The van der Waals surface area contributed by atoms with Gasteiger partial charge in [-0.25, -0.2) is 32.1 Å². The van der Waals surface area contributed by atoms with Crippen molar-refractivity contribution in [3.05, 3.63) is 76.1 Å². The molecule has 0 aliphatic carbocycles. The Labute approximate surface area is 258 Å². The number of pyridine rings is 2. The average Bonchev–Trinajstić information content (AvgIpc) is 2.96. The summed E-state index contributed by atoms with van der Waals surface area (Å²) in [5, 5.41) is 10.4. The van der Waals surface area contributed by atoms with Crippen molar-refractivity contribution in [2.24, 2.45) is 0 Å². The number of aromatic nitrogens is 4. The first-order chi connectivity index (χ1) is 20.7. The average molecular weight is 641 g/mol. The lowest BCUT2D eigenvalue weighted by atomic mass is 10.0. The topological polar surface area (TPSA) is 139 Å². The van der Waals surface area contributed by atoms with Crippen molar-refractivity contribution in [1.82, 2.24) is 24.4 Å². The highest BCUT2D eigenvalue weighted by atomic mass is 35.5. The van der Waals surface area contributed by atoms with Gasteiger partial charge in [-0.1, -0.05) is 38.1 Å². The van der Waals surface area contributed by atoms with Crippen LogP contribution in [0.15, 0.2) is 59.0 Å². The van der Waals surface area contributed by atoms with Crippen molar-refractivity contribution in [3.8, 4) is 22.7 Å². The van der Waals surface area contributed by atoms with Gasteiger partial charge in [-0.2, -0.15) is 4.98 Å². The summed E-state index contributed by atoms with van der Waals surface area (Å²) in [6.07, 6.45) is 3.54. The Morgan fingerprint density at radius 1 is 1.23 bits per heavy atom. The summed E-state index contributed by atoms with van der Waals surface area (Å²) in [6.45, 7) is 9.87. The molecule has 1 atom stereocenters. The van der Waals surface area contributed by atoms with Crippen molar-refractivity contribution < 1.29 is 22.7 Å². The Morgan fingerprint density at radius 2 is 1.95 bits per heavy atom. The van der Waals surface area contributed by atoms with E-state index in [2.05, 4.69) is 21.5 Å². The van der Waals surface area contributed by atoms with Crippen molar-refractivity contribution >= 4 is 44.2 Å². The summed E-state index contributed by atoms with van der Waals surface area (Å²) in [5.41, 5.74) is -1.03. The largest absolute Gasteiger partial charge is 0.507 e. The zero-order valence-corrected chi connectivity index (χ0v) is 26.0. The maximum absolute atomic E-state index is 16.0. The first-order valence-corrected chi connectivity index (χ1v) is 16.0. The van der Waals surface area contributed by atoms with E-state index in [1.807, 2.05) is 20.8 Å². The van der Waals surface area contributed by atoms with Crippen LogP contribution in [0.4, 0.5) is 10.2 Å². The van der Waals surface area contributed by atoms with Gasteiger partial charge in [0, 0.05) is 38.1 Å². The molecular formula is C30H30ClFN6O5S. The number of rotatable bonds is 6. The number of nitrogens with zero attached hydrogens (tertiary/aromatic N) is 6. The number of benzene rings is 1. The summed E-state index contributed by atoms with van der Waals surface area (Å²) in [5.74, 6) is -1.60. The number of anilines is 1. The highest BCUT2D eigenvalue weighted by Gasteiger charge is 2.32. The Hall–Kier alpha value is -4.36. The number of fused-ring (bicyclic) bond motifs is 1. The van der Waals surface area contributed by atoms with E-state index in [1.165, 1.54) is 30.5 Å². The molecule has 1 aliphatic rings. The minimum Gasteiger partial charge on any atom is -0.507 e. The van der Waals surface area contributed by atoms with Gasteiger partial charge < -0.3 is 14.9 Å². The fourth-order valence-electron chi connectivity index (χ4n) is 5.46. The molecule has 0 unspecified atom stereocenters. The second-order valence-electron chi connectivity index (χ2n) is 10.9. The normalized spacial score (nSPS) is 15.7. The van der Waals surface area contributed by atoms with Crippen molar-refractivity contribution in [2.45, 2.75) is 37.8 Å². The summed E-state index contributed by atoms with van der Waals surface area (Å²) in [4.78, 5) is 42.7. The Bertz CT molecular complexity index is 1980. The second-order valence-corrected chi connectivity index (χ2v) is 13.2. The van der Waals surface area contributed by atoms with E-state index in [0.717, 1.165) is 16.9 Å². The van der Waals surface area contributed by atoms with E-state index in [9.17, 15) is 23.1 Å². The summed E-state index contributed by atoms with van der Waals surface area (Å²) >= 11 is 6.37. The lowest BCUT2D eigenvalue weighted by Gasteiger charge is -2.40. The molecule has 1 saturated heterocycles. The summed E-state index contributed by atoms with van der Waals surface area (Å²) in [6, 6.07) is 6.66. The number of hydrogen-bond acceptors (Lipinski definition) is 9. The number of phenols is 1. The Kier molecular flexibility index (Phi) is 8.21. The molecule has 3 aromatic heterocycles. The number of sulfone groups is 1. The quantitative estimate of drug-likeness (QED) is 0.309. The van der Waals surface area contributed by atoms with Crippen LogP contribution >= 0.6 is 11.6 Å². The SMILES string of the molecule is C=CC(=O)N1CCN(c2nc(=O)n(-c3c(C(C)C)ccnc3S(C)(=O)=O)c3nc(-c4c(O)cccc4Cl)c(F)cc23)[C@@H](C)C1. The molecule has 44 heavy (non-hydrogen) atoms. The molecule has 11 nitrogen and oxygen atoms in total. The number of amides is 1. The van der Waals surface area contributed by atoms with Crippen molar-refractivity contribution in [1.29, 1.82) is 0 Å². The second kappa shape index (κ2) is 11.6. The first-order valence-electron chi connectivity index (χ1n) is 13.7. The van der Waals surface area contributed by atoms with Gasteiger partial charge in [0.1, 0.15) is 17.3 Å². The van der Waals surface area contributed by atoms with Gasteiger partial charge >= 0.3 is 5.69 Å². The molecule has 1 fully saturated rings. The zero-order chi connectivity index (χ0) is 32.1. The highest BCUT2D eigenvalue weighted by molar-refractivity contribution is 7.90. The van der Waals surface area contributed by atoms with Crippen LogP contribution in [-0.2, 0) is 14.6 Å². The van der Waals surface area contributed by atoms with E-state index in [-0.39, 0.29) is 80.6 Å². The Balaban J connectivity index is 1.90. The molecule has 1 N–H and O–H groups in total. The van der Waals surface area contributed by atoms with Gasteiger partial charge in [0.05, 0.1) is 21.7 Å². The fourth-order valence-corrected chi connectivity index (χ4v) is 6.53. The van der Waals surface area contributed by atoms with E-state index >= 15 is 4.39 Å². The highest BCUT2D eigenvalue weighted by Crippen LogP contribution is 2.39. The van der Waals surface area contributed by atoms with Crippen LogP contribution in [0.1, 0.15) is 32.3 Å². The fraction of sp³-hybridized carbons (Fsp3) is 0.300. The minimum absolute atomic E-state index is 0.0108. The molecule has 4 heterocycles. The standard InChI is InChI=1S/C30H30ClFN6O5S/c1-6-23(40)36-12-13-37(17(4)15-36)27-19-14-21(32)25(24-20(31)8-7-9-22(24)39)34-28(19)38(30(41)35-27)26-18(16(2)3)10-11-33-29(26)44(5,42)43/h6-11,14,16-17,39H,1,12-13,15H2,2-5H3/t17-/m0/s1. The van der Waals surface area contributed by atoms with Crippen LogP contribution in [0.3, 0.4) is 0 Å². The molecule has 4 aromatic rings. The molecule has 230 valence electrons. The molecular weight excluding hydrogens is 611 g/mol. The number of halogens is 2. The van der Waals surface area contributed by atoms with E-state index in [0.29, 0.717) is 12.1 Å². The van der Waals surface area contributed by atoms with Crippen LogP contribution in [0.5, 0.6) is 5.75 Å². The van der Waals surface area contributed by atoms with E-state index in [4.69, 9.17) is 11.6 Å². The molecule has 1 aromatic carbocycles. The lowest BCUT2D eigenvalue weighted by Crippen LogP contribution is -2.54. The summed E-state index contributed by atoms with van der Waals surface area (Å²) < 4.78 is 43.0. The predicted molar refractivity (Wildman–Crippen MR) is 166 cm³/mol. The number of phenolic OH excluding ortho intramolecular Hbond substituents is 1. The van der Waals surface area contributed by atoms with Crippen molar-refractivity contribution in [2.75, 3.05) is 30.8 Å². The molecule has 1 amide bonds. The third kappa shape index (κ3) is 5.41. The number of carbonyl (C=O) groups is 1. The number of hydrogen-bond donors (Lipinski definition) is 1. The van der Waals surface area contributed by atoms with E-state index in [1.54, 1.807) is 15.9 Å². The number of carbonyl (C=O) groups excluding carboxylic acids is 1. The smallest absolute Gasteiger partial charge is 0.355 e. The van der Waals surface area contributed by atoms with Gasteiger partial charge in [-0.3, -0.25) is 4.79 Å². The third-order valence-corrected chi connectivity index (χ3v) is 8.85. The zero-order valence-electron chi connectivity index (χ0n) is 24.5. The minimum atomic E-state index is -3.98. The number of piperazine rings is 1. The lowest BCUT2D eigenvalue weighted by molar-refractivity contribution is -0.126.